The first-order valence-corrected chi connectivity index (χ1v) is 11.7. The molecule has 1 aliphatic carbocycles. The van der Waals surface area contributed by atoms with E-state index in [1.165, 1.54) is 24.8 Å². The Labute approximate surface area is 190 Å². The number of benzene rings is 1. The second-order valence-electron chi connectivity index (χ2n) is 9.60. The molecule has 2 saturated heterocycles. The second-order valence-corrected chi connectivity index (χ2v) is 9.60. The monoisotopic (exact) mass is 426 g/mol. The van der Waals surface area contributed by atoms with E-state index in [9.17, 15) is 10.5 Å². The number of nitrogens with one attached hydrogen (secondary N) is 1. The van der Waals surface area contributed by atoms with Gasteiger partial charge >= 0.3 is 0 Å². The Kier molecular flexibility index (Phi) is 5.83. The molecule has 3 fully saturated rings. The molecule has 0 spiro atoms. The smallest absolute Gasteiger partial charge is 0.146 e. The van der Waals surface area contributed by atoms with Crippen LogP contribution in [0.1, 0.15) is 42.7 Å². The number of pyridine rings is 1. The number of likely N-dealkylation sites (tertiary alicyclic amines) is 1. The molecule has 0 bridgehead atoms. The summed E-state index contributed by atoms with van der Waals surface area (Å²) in [6.45, 7) is 4.73. The summed E-state index contributed by atoms with van der Waals surface area (Å²) >= 11 is 0. The molecule has 0 radical (unpaired) electrons. The van der Waals surface area contributed by atoms with Crippen molar-refractivity contribution in [3.8, 4) is 12.1 Å². The molecule has 2 aliphatic heterocycles. The van der Waals surface area contributed by atoms with Crippen LogP contribution in [0.25, 0.3) is 0 Å². The van der Waals surface area contributed by atoms with Gasteiger partial charge in [0.1, 0.15) is 11.9 Å². The fraction of sp³-hybridized carbons (Fsp3) is 0.500. The van der Waals surface area contributed by atoms with Gasteiger partial charge < -0.3 is 10.2 Å². The minimum atomic E-state index is -0.105. The van der Waals surface area contributed by atoms with Gasteiger partial charge in [0.05, 0.1) is 23.6 Å². The summed E-state index contributed by atoms with van der Waals surface area (Å²) in [5.41, 5.74) is 1.96. The number of hydrogen-bond donors (Lipinski definition) is 1. The normalized spacial score (nSPS) is 24.9. The minimum Gasteiger partial charge on any atom is -0.352 e. The van der Waals surface area contributed by atoms with Crippen LogP contribution in [-0.4, -0.2) is 54.2 Å². The first kappa shape index (κ1) is 20.9. The standard InChI is InChI=1S/C26H30N6/c27-11-10-26(18-31(19-26)25-22(16-28)7-4-12-29-25)32-13-8-20(9-14-32)17-30-24-15-23(24)21-5-2-1-3-6-21/h1-7,12,20,23-24,30H,8-10,13-15,17-19H2. The fourth-order valence-electron chi connectivity index (χ4n) is 5.54. The Morgan fingerprint density at radius 1 is 1.06 bits per heavy atom. The van der Waals surface area contributed by atoms with Crippen LogP contribution in [0.15, 0.2) is 48.7 Å². The first-order valence-electron chi connectivity index (χ1n) is 11.7. The van der Waals surface area contributed by atoms with E-state index in [1.807, 2.05) is 6.07 Å². The Balaban J connectivity index is 1.12. The van der Waals surface area contributed by atoms with Crippen molar-refractivity contribution >= 4 is 5.82 Å². The average Bonchev–Trinajstić information content (AvgIpc) is 3.61. The number of aromatic nitrogens is 1. The zero-order valence-electron chi connectivity index (χ0n) is 18.5. The van der Waals surface area contributed by atoms with E-state index >= 15 is 0 Å². The van der Waals surface area contributed by atoms with Crippen LogP contribution in [0.5, 0.6) is 0 Å². The van der Waals surface area contributed by atoms with Crippen LogP contribution in [0, 0.1) is 28.6 Å². The molecule has 1 aromatic carbocycles. The minimum absolute atomic E-state index is 0.105. The quantitative estimate of drug-likeness (QED) is 0.732. The van der Waals surface area contributed by atoms with Gasteiger partial charge in [-0.15, -0.1) is 0 Å². The molecule has 164 valence electrons. The third-order valence-corrected chi connectivity index (χ3v) is 7.56. The van der Waals surface area contributed by atoms with E-state index in [2.05, 4.69) is 62.6 Å². The van der Waals surface area contributed by atoms with Gasteiger partial charge in [-0.05, 0) is 62.5 Å². The lowest BCUT2D eigenvalue weighted by atomic mass is 9.81. The third kappa shape index (κ3) is 4.09. The van der Waals surface area contributed by atoms with Crippen LogP contribution in [0.4, 0.5) is 5.82 Å². The maximum Gasteiger partial charge on any atom is 0.146 e. The van der Waals surface area contributed by atoms with Gasteiger partial charge in [-0.25, -0.2) is 4.98 Å². The molecule has 6 nitrogen and oxygen atoms in total. The van der Waals surface area contributed by atoms with Gasteiger partial charge in [-0.3, -0.25) is 4.90 Å². The van der Waals surface area contributed by atoms with Gasteiger partial charge in [0.2, 0.25) is 0 Å². The highest BCUT2D eigenvalue weighted by Gasteiger charge is 2.49. The molecule has 3 heterocycles. The van der Waals surface area contributed by atoms with E-state index in [0.29, 0.717) is 29.9 Å². The number of nitriles is 2. The van der Waals surface area contributed by atoms with Gasteiger partial charge in [0, 0.05) is 31.2 Å². The summed E-state index contributed by atoms with van der Waals surface area (Å²) in [4.78, 5) is 9.11. The molecule has 1 N–H and O–H groups in total. The Morgan fingerprint density at radius 3 is 2.56 bits per heavy atom. The summed E-state index contributed by atoms with van der Waals surface area (Å²) in [6, 6.07) is 19.7. The van der Waals surface area contributed by atoms with E-state index < -0.39 is 0 Å². The third-order valence-electron chi connectivity index (χ3n) is 7.56. The maximum atomic E-state index is 9.50. The van der Waals surface area contributed by atoms with Crippen LogP contribution in [0.2, 0.25) is 0 Å². The lowest BCUT2D eigenvalue weighted by molar-refractivity contribution is 0.0295. The van der Waals surface area contributed by atoms with Crippen molar-refractivity contribution < 1.29 is 0 Å². The predicted octanol–water partition coefficient (Wildman–Crippen LogP) is 3.28. The van der Waals surface area contributed by atoms with Gasteiger partial charge in [-0.2, -0.15) is 10.5 Å². The molecule has 6 heteroatoms. The Bertz CT molecular complexity index is 1010. The van der Waals surface area contributed by atoms with Crippen molar-refractivity contribution in [2.45, 2.75) is 43.2 Å². The SMILES string of the molecule is N#CCC1(N2CCC(CNC3CC3c3ccccc3)CC2)CN(c2ncccc2C#N)C1. The van der Waals surface area contributed by atoms with Gasteiger partial charge in [0.15, 0.2) is 0 Å². The number of piperidine rings is 1. The molecule has 32 heavy (non-hydrogen) atoms. The zero-order valence-corrected chi connectivity index (χ0v) is 18.5. The Morgan fingerprint density at radius 2 is 1.84 bits per heavy atom. The van der Waals surface area contributed by atoms with E-state index in [1.54, 1.807) is 12.3 Å². The highest BCUT2D eigenvalue weighted by molar-refractivity contribution is 5.56. The summed E-state index contributed by atoms with van der Waals surface area (Å²) in [6.07, 6.45) is 5.87. The van der Waals surface area contributed by atoms with Crippen molar-refractivity contribution in [3.05, 3.63) is 59.8 Å². The summed E-state index contributed by atoms with van der Waals surface area (Å²) in [5, 5.41) is 22.7. The van der Waals surface area contributed by atoms with Crippen molar-refractivity contribution in [1.82, 2.24) is 15.2 Å². The number of nitrogens with zero attached hydrogens (tertiary/aromatic N) is 5. The molecular weight excluding hydrogens is 396 g/mol. The van der Waals surface area contributed by atoms with Gasteiger partial charge in [0.25, 0.3) is 0 Å². The predicted molar refractivity (Wildman–Crippen MR) is 124 cm³/mol. The van der Waals surface area contributed by atoms with Crippen LogP contribution in [-0.2, 0) is 0 Å². The van der Waals surface area contributed by atoms with Crippen molar-refractivity contribution in [1.29, 1.82) is 10.5 Å². The van der Waals surface area contributed by atoms with Crippen LogP contribution in [0.3, 0.4) is 0 Å². The lowest BCUT2D eigenvalue weighted by Gasteiger charge is -2.57. The number of hydrogen-bond acceptors (Lipinski definition) is 6. The summed E-state index contributed by atoms with van der Waals surface area (Å²) < 4.78 is 0. The van der Waals surface area contributed by atoms with E-state index in [0.717, 1.165) is 38.5 Å². The molecule has 0 amide bonds. The van der Waals surface area contributed by atoms with Crippen LogP contribution < -0.4 is 10.2 Å². The van der Waals surface area contributed by atoms with Crippen LogP contribution >= 0.6 is 0 Å². The topological polar surface area (TPSA) is 79.0 Å². The number of anilines is 1. The van der Waals surface area contributed by atoms with E-state index in [-0.39, 0.29) is 5.54 Å². The molecular formula is C26H30N6. The molecule has 3 aliphatic rings. The highest BCUT2D eigenvalue weighted by atomic mass is 15.4. The molecule has 2 atom stereocenters. The maximum absolute atomic E-state index is 9.50. The molecule has 2 aromatic rings. The highest BCUT2D eigenvalue weighted by Crippen LogP contribution is 2.41. The summed E-state index contributed by atoms with van der Waals surface area (Å²) in [5.74, 6) is 2.14. The van der Waals surface area contributed by atoms with Crippen molar-refractivity contribution in [2.75, 3.05) is 37.6 Å². The largest absolute Gasteiger partial charge is 0.352 e. The van der Waals surface area contributed by atoms with Crippen molar-refractivity contribution in [2.24, 2.45) is 5.92 Å². The first-order chi connectivity index (χ1) is 15.7. The number of rotatable bonds is 7. The average molecular weight is 427 g/mol. The zero-order chi connectivity index (χ0) is 22.0. The molecule has 1 saturated carbocycles. The molecule has 1 aromatic heterocycles. The molecule has 2 unspecified atom stereocenters. The van der Waals surface area contributed by atoms with Gasteiger partial charge in [-0.1, -0.05) is 30.3 Å². The summed E-state index contributed by atoms with van der Waals surface area (Å²) in [7, 11) is 0. The fourth-order valence-corrected chi connectivity index (χ4v) is 5.54. The lowest BCUT2D eigenvalue weighted by Crippen LogP contribution is -2.71. The van der Waals surface area contributed by atoms with Crippen molar-refractivity contribution in [3.63, 3.8) is 0 Å². The van der Waals surface area contributed by atoms with E-state index in [4.69, 9.17) is 0 Å². The molecule has 5 rings (SSSR count). The Hall–Kier alpha value is -2.93. The second kappa shape index (κ2) is 8.90.